The van der Waals surface area contributed by atoms with Crippen molar-refractivity contribution < 1.29 is 9.59 Å². The number of hydrogen-bond acceptors (Lipinski definition) is 4. The van der Waals surface area contributed by atoms with Gasteiger partial charge < -0.3 is 14.8 Å². The molecule has 2 fully saturated rings. The Bertz CT molecular complexity index is 885. The Morgan fingerprint density at radius 2 is 1.83 bits per heavy atom. The number of aryl methyl sites for hydroxylation is 1. The minimum absolute atomic E-state index is 0.0835. The molecule has 0 saturated carbocycles. The molecule has 29 heavy (non-hydrogen) atoms. The molecule has 4 rings (SSSR count). The Hall–Kier alpha value is -2.41. The van der Waals surface area contributed by atoms with Crippen LogP contribution in [0.1, 0.15) is 50.8 Å². The molecule has 7 nitrogen and oxygen atoms in total. The molecule has 2 amide bonds. The van der Waals surface area contributed by atoms with E-state index in [9.17, 15) is 9.59 Å². The monoisotopic (exact) mass is 397 g/mol. The summed E-state index contributed by atoms with van der Waals surface area (Å²) in [5, 5.41) is 2.94. The molecule has 0 radical (unpaired) electrons. The predicted molar refractivity (Wildman–Crippen MR) is 114 cm³/mol. The van der Waals surface area contributed by atoms with Crippen LogP contribution in [-0.4, -0.2) is 57.3 Å². The number of nitrogens with zero attached hydrogens (tertiary/aromatic N) is 4. The minimum Gasteiger partial charge on any atom is -0.333 e. The minimum atomic E-state index is -0.149. The summed E-state index contributed by atoms with van der Waals surface area (Å²) in [5.41, 5.74) is 2.69. The predicted octanol–water partition coefficient (Wildman–Crippen LogP) is 2.90. The zero-order valence-electron chi connectivity index (χ0n) is 17.3. The standard InChI is InChI=1S/C22H31N5O2/c1-25-19-10-9-17(23-21(28)16-27-13-7-2-4-8-22(27)29)14-18(19)24-20(25)15-26-11-5-3-6-12-26/h9-10,14H,2-8,11-13,15-16H2,1H3,(H,23,28). The second-order valence-electron chi connectivity index (χ2n) is 8.30. The van der Waals surface area contributed by atoms with Gasteiger partial charge in [-0.25, -0.2) is 4.98 Å². The van der Waals surface area contributed by atoms with E-state index < -0.39 is 0 Å². The van der Waals surface area contributed by atoms with E-state index >= 15 is 0 Å². The van der Waals surface area contributed by atoms with Crippen molar-refractivity contribution in [2.75, 3.05) is 31.5 Å². The molecule has 3 heterocycles. The number of carbonyl (C=O) groups excluding carboxylic acids is 2. The number of aromatic nitrogens is 2. The van der Waals surface area contributed by atoms with E-state index in [2.05, 4.69) is 21.8 Å². The van der Waals surface area contributed by atoms with Crippen LogP contribution in [0.2, 0.25) is 0 Å². The molecular weight excluding hydrogens is 366 g/mol. The van der Waals surface area contributed by atoms with Crippen molar-refractivity contribution in [3.63, 3.8) is 0 Å². The van der Waals surface area contributed by atoms with Gasteiger partial charge in [-0.1, -0.05) is 12.8 Å². The molecule has 0 spiro atoms. The zero-order valence-corrected chi connectivity index (χ0v) is 17.3. The number of carbonyl (C=O) groups is 2. The third-order valence-electron chi connectivity index (χ3n) is 6.08. The Morgan fingerprint density at radius 3 is 2.66 bits per heavy atom. The summed E-state index contributed by atoms with van der Waals surface area (Å²) in [7, 11) is 2.05. The van der Waals surface area contributed by atoms with Crippen LogP contribution >= 0.6 is 0 Å². The van der Waals surface area contributed by atoms with Gasteiger partial charge in [0.1, 0.15) is 5.82 Å². The van der Waals surface area contributed by atoms with Crippen LogP contribution in [0.4, 0.5) is 5.69 Å². The number of hydrogen-bond donors (Lipinski definition) is 1. The first-order valence-corrected chi connectivity index (χ1v) is 10.9. The number of rotatable bonds is 5. The van der Waals surface area contributed by atoms with Gasteiger partial charge in [-0.15, -0.1) is 0 Å². The average molecular weight is 398 g/mol. The summed E-state index contributed by atoms with van der Waals surface area (Å²) in [6, 6.07) is 5.85. The number of anilines is 1. The van der Waals surface area contributed by atoms with Crippen LogP contribution in [0.15, 0.2) is 18.2 Å². The van der Waals surface area contributed by atoms with Gasteiger partial charge in [0.25, 0.3) is 0 Å². The van der Waals surface area contributed by atoms with E-state index in [4.69, 9.17) is 4.98 Å². The van der Waals surface area contributed by atoms with Gasteiger partial charge in [-0.05, 0) is 57.0 Å². The first-order valence-electron chi connectivity index (χ1n) is 10.9. The second kappa shape index (κ2) is 8.95. The Kier molecular flexibility index (Phi) is 6.13. The van der Waals surface area contributed by atoms with E-state index in [0.29, 0.717) is 13.0 Å². The number of benzene rings is 1. The Balaban J connectivity index is 1.42. The summed E-state index contributed by atoms with van der Waals surface area (Å²) in [5.74, 6) is 0.991. The number of fused-ring (bicyclic) bond motifs is 1. The number of piperidine rings is 1. The van der Waals surface area contributed by atoms with Crippen molar-refractivity contribution in [2.24, 2.45) is 7.05 Å². The lowest BCUT2D eigenvalue weighted by Crippen LogP contribution is -2.37. The molecule has 0 unspecified atom stereocenters. The van der Waals surface area contributed by atoms with Gasteiger partial charge in [0, 0.05) is 25.7 Å². The first-order chi connectivity index (χ1) is 14.1. The van der Waals surface area contributed by atoms with Gasteiger partial charge >= 0.3 is 0 Å². The van der Waals surface area contributed by atoms with Crippen LogP contribution in [-0.2, 0) is 23.2 Å². The fraction of sp³-hybridized carbons (Fsp3) is 0.591. The lowest BCUT2D eigenvalue weighted by molar-refractivity contribution is -0.134. The van der Waals surface area contributed by atoms with Gasteiger partial charge in [0.2, 0.25) is 11.8 Å². The van der Waals surface area contributed by atoms with Gasteiger partial charge in [0.05, 0.1) is 24.1 Å². The molecule has 1 N–H and O–H groups in total. The molecule has 7 heteroatoms. The van der Waals surface area contributed by atoms with Crippen molar-refractivity contribution in [2.45, 2.75) is 51.5 Å². The Morgan fingerprint density at radius 1 is 1.07 bits per heavy atom. The average Bonchev–Trinajstić information content (AvgIpc) is 2.87. The molecule has 2 aliphatic heterocycles. The van der Waals surface area contributed by atoms with Crippen LogP contribution < -0.4 is 5.32 Å². The van der Waals surface area contributed by atoms with Crippen LogP contribution in [0.3, 0.4) is 0 Å². The molecule has 156 valence electrons. The number of nitrogens with one attached hydrogen (secondary N) is 1. The van der Waals surface area contributed by atoms with Crippen molar-refractivity contribution in [3.8, 4) is 0 Å². The van der Waals surface area contributed by atoms with Gasteiger partial charge in [-0.3, -0.25) is 14.5 Å². The zero-order chi connectivity index (χ0) is 20.2. The number of likely N-dealkylation sites (tertiary alicyclic amines) is 2. The maximum absolute atomic E-state index is 12.5. The smallest absolute Gasteiger partial charge is 0.243 e. The van der Waals surface area contributed by atoms with E-state index in [-0.39, 0.29) is 18.4 Å². The molecule has 1 aromatic heterocycles. The molecular formula is C22H31N5O2. The molecule has 0 aliphatic carbocycles. The lowest BCUT2D eigenvalue weighted by Gasteiger charge is -2.25. The van der Waals surface area contributed by atoms with Gasteiger partial charge in [0.15, 0.2) is 0 Å². The fourth-order valence-corrected chi connectivity index (χ4v) is 4.37. The largest absolute Gasteiger partial charge is 0.333 e. The highest BCUT2D eigenvalue weighted by molar-refractivity contribution is 5.96. The van der Waals surface area contributed by atoms with E-state index in [1.807, 2.05) is 18.2 Å². The first kappa shape index (κ1) is 19.9. The van der Waals surface area contributed by atoms with E-state index in [1.165, 1.54) is 19.3 Å². The highest BCUT2D eigenvalue weighted by Crippen LogP contribution is 2.22. The molecule has 1 aromatic carbocycles. The Labute approximate surface area is 172 Å². The molecule has 2 saturated heterocycles. The number of imidazole rings is 1. The summed E-state index contributed by atoms with van der Waals surface area (Å²) in [4.78, 5) is 33.5. The van der Waals surface area contributed by atoms with Crippen molar-refractivity contribution in [1.29, 1.82) is 0 Å². The van der Waals surface area contributed by atoms with Crippen LogP contribution in [0.5, 0.6) is 0 Å². The fourth-order valence-electron chi connectivity index (χ4n) is 4.37. The molecule has 0 atom stereocenters. The summed E-state index contributed by atoms with van der Waals surface area (Å²) in [6.07, 6.45) is 7.35. The lowest BCUT2D eigenvalue weighted by atomic mass is 10.1. The van der Waals surface area contributed by atoms with Crippen molar-refractivity contribution in [3.05, 3.63) is 24.0 Å². The maximum Gasteiger partial charge on any atom is 0.243 e. The summed E-state index contributed by atoms with van der Waals surface area (Å²) >= 11 is 0. The molecule has 2 aliphatic rings. The SMILES string of the molecule is Cn1c(CN2CCCCC2)nc2cc(NC(=O)CN3CCCCCC3=O)ccc21. The highest BCUT2D eigenvalue weighted by atomic mass is 16.2. The van der Waals surface area contributed by atoms with Crippen molar-refractivity contribution in [1.82, 2.24) is 19.4 Å². The van der Waals surface area contributed by atoms with E-state index in [0.717, 1.165) is 61.4 Å². The third-order valence-corrected chi connectivity index (χ3v) is 6.08. The quantitative estimate of drug-likeness (QED) is 0.842. The molecule has 2 aromatic rings. The summed E-state index contributed by atoms with van der Waals surface area (Å²) < 4.78 is 2.14. The maximum atomic E-state index is 12.5. The molecule has 0 bridgehead atoms. The topological polar surface area (TPSA) is 70.5 Å². The van der Waals surface area contributed by atoms with Crippen molar-refractivity contribution >= 4 is 28.5 Å². The summed E-state index contributed by atoms with van der Waals surface area (Å²) in [6.45, 7) is 3.94. The normalized spacial score (nSPS) is 18.8. The highest BCUT2D eigenvalue weighted by Gasteiger charge is 2.20. The number of amides is 2. The van der Waals surface area contributed by atoms with Crippen LogP contribution in [0.25, 0.3) is 11.0 Å². The second-order valence-corrected chi connectivity index (χ2v) is 8.30. The van der Waals surface area contributed by atoms with Gasteiger partial charge in [-0.2, -0.15) is 0 Å². The van der Waals surface area contributed by atoms with E-state index in [1.54, 1.807) is 4.90 Å². The van der Waals surface area contributed by atoms with Crippen LogP contribution in [0, 0.1) is 0 Å². The third kappa shape index (κ3) is 4.78.